The van der Waals surface area contributed by atoms with Crippen molar-refractivity contribution in [3.8, 4) is 60.0 Å². The second-order valence-corrected chi connectivity index (χ2v) is 18.1. The molecule has 80 heavy (non-hydrogen) atoms. The fourth-order valence-electron chi connectivity index (χ4n) is 8.79. The molecule has 0 bridgehead atoms. The summed E-state index contributed by atoms with van der Waals surface area (Å²) in [7, 11) is 4.10. The Labute approximate surface area is 458 Å². The summed E-state index contributed by atoms with van der Waals surface area (Å²) < 4.78 is 57.2. The molecule has 0 spiro atoms. The summed E-state index contributed by atoms with van der Waals surface area (Å²) in [6, 6.07) is 5.96. The first-order valence-electron chi connectivity index (χ1n) is 24.5. The van der Waals surface area contributed by atoms with Crippen LogP contribution in [0.4, 0.5) is 9.59 Å². The van der Waals surface area contributed by atoms with Crippen LogP contribution in [-0.4, -0.2) is 146 Å². The summed E-state index contributed by atoms with van der Waals surface area (Å²) >= 11 is 0. The Morgan fingerprint density at radius 3 is 1.40 bits per heavy atom. The summed E-state index contributed by atoms with van der Waals surface area (Å²) in [5.41, 5.74) is 0.856. The average molecular weight is 1120 g/mol. The lowest BCUT2D eigenvalue weighted by Gasteiger charge is -2.48. The SMILES string of the molecule is C#CCO/N=C(\C)c1c(O)c2ccc(OC3O[C@@](C)(CC)[C@H](OC)[C@@H](OC(=O)NOCC#C)[C@H]3O)c(C)c2oc1=O.C#CCONC(=O)O[C@@H]1[C@@H](OC)[C@](C)(CC)OC(Oc2ccc3c(O)c(/C(C)=N/OC)c(=O)oc3c2C)[C@@H]1O. The smallest absolute Gasteiger partial charge is 0.431 e. The molecule has 0 radical (unpaired) electrons. The van der Waals surface area contributed by atoms with Crippen LogP contribution in [0.15, 0.2) is 53.0 Å². The Balaban J connectivity index is 0.000000294. The highest BCUT2D eigenvalue weighted by Gasteiger charge is 2.56. The van der Waals surface area contributed by atoms with Crippen molar-refractivity contribution in [1.29, 1.82) is 0 Å². The van der Waals surface area contributed by atoms with E-state index in [2.05, 4.69) is 28.1 Å². The van der Waals surface area contributed by atoms with Gasteiger partial charge in [0.25, 0.3) is 0 Å². The maximum Gasteiger partial charge on any atom is 0.431 e. The van der Waals surface area contributed by atoms with E-state index in [1.54, 1.807) is 27.7 Å². The number of benzene rings is 2. The molecule has 432 valence electrons. The van der Waals surface area contributed by atoms with Crippen LogP contribution in [0.1, 0.15) is 76.6 Å². The van der Waals surface area contributed by atoms with E-state index in [1.807, 2.05) is 24.8 Å². The minimum absolute atomic E-state index is 0.0299. The zero-order chi connectivity index (χ0) is 59.2. The molecule has 0 saturated carbocycles. The average Bonchev–Trinajstić information content (AvgIpc) is 3.50. The van der Waals surface area contributed by atoms with E-state index in [0.29, 0.717) is 24.0 Å². The van der Waals surface area contributed by atoms with Crippen molar-refractivity contribution in [1.82, 2.24) is 11.0 Å². The van der Waals surface area contributed by atoms with Gasteiger partial charge in [0.05, 0.1) is 33.4 Å². The third-order valence-corrected chi connectivity index (χ3v) is 13.1. The number of fused-ring (bicyclic) bond motifs is 2. The van der Waals surface area contributed by atoms with Gasteiger partial charge < -0.3 is 76.8 Å². The van der Waals surface area contributed by atoms with Crippen LogP contribution in [0.5, 0.6) is 23.0 Å². The molecule has 2 aliphatic heterocycles. The number of ether oxygens (including phenoxy) is 8. The molecule has 26 heteroatoms. The van der Waals surface area contributed by atoms with Gasteiger partial charge in [-0.3, -0.25) is 9.68 Å². The molecule has 6 rings (SSSR count). The number of terminal acetylenes is 3. The number of amides is 2. The van der Waals surface area contributed by atoms with Gasteiger partial charge in [-0.25, -0.2) is 19.2 Å². The van der Waals surface area contributed by atoms with Crippen LogP contribution < -0.4 is 31.7 Å². The first kappa shape index (κ1) is 62.7. The van der Waals surface area contributed by atoms with Crippen LogP contribution in [0, 0.1) is 50.9 Å². The summed E-state index contributed by atoms with van der Waals surface area (Å²) in [6.45, 7) is 12.7. The number of aliphatic hydroxyl groups is 2. The van der Waals surface area contributed by atoms with Crippen molar-refractivity contribution in [3.63, 3.8) is 0 Å². The van der Waals surface area contributed by atoms with Crippen LogP contribution in [0.25, 0.3) is 21.9 Å². The van der Waals surface area contributed by atoms with E-state index < -0.39 is 83.8 Å². The summed E-state index contributed by atoms with van der Waals surface area (Å²) in [5.74, 6) is 6.24. The first-order valence-corrected chi connectivity index (χ1v) is 24.5. The summed E-state index contributed by atoms with van der Waals surface area (Å²) in [5, 5.41) is 51.8. The molecule has 2 aromatic carbocycles. The van der Waals surface area contributed by atoms with Crippen molar-refractivity contribution in [3.05, 3.63) is 67.4 Å². The zero-order valence-electron chi connectivity index (χ0n) is 45.7. The van der Waals surface area contributed by atoms with Gasteiger partial charge in [0.2, 0.25) is 12.6 Å². The minimum Gasteiger partial charge on any atom is -0.506 e. The normalized spacial score (nSPS) is 24.7. The number of aryl methyl sites for hydroxylation is 2. The molecule has 26 nitrogen and oxygen atoms in total. The van der Waals surface area contributed by atoms with E-state index in [-0.39, 0.29) is 87.3 Å². The zero-order valence-corrected chi connectivity index (χ0v) is 45.7. The number of carbonyl (C=O) groups excluding carboxylic acids is 2. The minimum atomic E-state index is -1.53. The lowest BCUT2D eigenvalue weighted by Crippen LogP contribution is -2.66. The van der Waals surface area contributed by atoms with E-state index in [1.165, 1.54) is 59.4 Å². The maximum atomic E-state index is 12.8. The van der Waals surface area contributed by atoms with Crippen molar-refractivity contribution in [2.24, 2.45) is 10.3 Å². The van der Waals surface area contributed by atoms with Gasteiger partial charge in [-0.15, -0.1) is 19.3 Å². The quantitative estimate of drug-likeness (QED) is 0.0251. The second-order valence-electron chi connectivity index (χ2n) is 18.1. The first-order chi connectivity index (χ1) is 38.0. The Hall–Kier alpha value is -8.10. The monoisotopic (exact) mass is 1120 g/mol. The molecule has 10 atom stereocenters. The Morgan fingerprint density at radius 2 is 1.05 bits per heavy atom. The number of hydroxylamine groups is 2. The Kier molecular flexibility index (Phi) is 21.7. The number of aromatic hydroxyl groups is 2. The standard InChI is InChI=1S/C28H32N2O11.C26H32N2O11/c1-8-13-36-29-16(5)19-20(31)17-11-12-18(15(4)22(17)39-25(19)33)38-26-21(32)23(40-27(34)30-37-14-9-2)24(35-7)28(6,10-3)41-26;1-8-12-35-28-25(32)38-21-19(30)24(39-26(5,9-2)22(21)33-6)36-16-11-10-15-18(29)17(14(4)27-34-7)23(31)37-20(15)13(16)3/h1-2,11-12,21,23-24,26,31-32H,10,13-14H2,3-7H3,(H,30,34);1,10-11,19,21-22,24,29-30H,9,12H2,2-7H3,(H,28,32)/b29-16+;27-14+/t21-,23+,24-,26?,28+;19-,21+,22-,24?,26+/m11/s1. The van der Waals surface area contributed by atoms with Gasteiger partial charge in [0.1, 0.15) is 77.8 Å². The number of nitrogens with one attached hydrogen (secondary N) is 2. The molecule has 6 N–H and O–H groups in total. The molecule has 2 fully saturated rings. The summed E-state index contributed by atoms with van der Waals surface area (Å²) in [6.07, 6.45) is 4.13. The van der Waals surface area contributed by atoms with Gasteiger partial charge in [0, 0.05) is 25.3 Å². The third-order valence-electron chi connectivity index (χ3n) is 13.1. The van der Waals surface area contributed by atoms with E-state index in [0.717, 1.165) is 0 Å². The van der Waals surface area contributed by atoms with Crippen molar-refractivity contribution in [2.45, 2.75) is 129 Å². The highest BCUT2D eigenvalue weighted by molar-refractivity contribution is 6.05. The largest absolute Gasteiger partial charge is 0.506 e. The van der Waals surface area contributed by atoms with Gasteiger partial charge >= 0.3 is 23.4 Å². The van der Waals surface area contributed by atoms with Crippen LogP contribution in [0.3, 0.4) is 0 Å². The number of carbonyl (C=O) groups is 2. The molecule has 2 saturated heterocycles. The van der Waals surface area contributed by atoms with Crippen molar-refractivity contribution < 1.29 is 96.1 Å². The number of rotatable bonds is 19. The van der Waals surface area contributed by atoms with Crippen molar-refractivity contribution in [2.75, 3.05) is 41.2 Å². The molecule has 4 aromatic rings. The molecule has 2 aliphatic rings. The maximum absolute atomic E-state index is 12.8. The molecule has 0 aliphatic carbocycles. The van der Waals surface area contributed by atoms with E-state index in [9.17, 15) is 39.6 Å². The molecular formula is C54H64N4O22. The van der Waals surface area contributed by atoms with Gasteiger partial charge in [-0.05, 0) is 78.6 Å². The number of hydrogen-bond donors (Lipinski definition) is 6. The van der Waals surface area contributed by atoms with E-state index >= 15 is 0 Å². The fraction of sp³-hybridized carbons (Fsp3) is 0.481. The fourth-order valence-corrected chi connectivity index (χ4v) is 8.79. The van der Waals surface area contributed by atoms with Crippen LogP contribution in [-0.2, 0) is 47.8 Å². The lowest BCUT2D eigenvalue weighted by molar-refractivity contribution is -0.311. The number of methoxy groups -OCH3 is 2. The topological polar surface area (TPSA) is 335 Å². The molecule has 4 heterocycles. The molecule has 2 amide bonds. The number of hydrogen-bond acceptors (Lipinski definition) is 24. The van der Waals surface area contributed by atoms with Crippen molar-refractivity contribution >= 4 is 45.5 Å². The Morgan fingerprint density at radius 1 is 0.662 bits per heavy atom. The Bertz CT molecular complexity index is 3190. The number of oxime groups is 2. The summed E-state index contributed by atoms with van der Waals surface area (Å²) in [4.78, 5) is 69.2. The molecule has 2 aromatic heterocycles. The van der Waals surface area contributed by atoms with Gasteiger partial charge in [-0.1, -0.05) is 41.9 Å². The predicted octanol–water partition coefficient (Wildman–Crippen LogP) is 4.24. The molecular weight excluding hydrogens is 1060 g/mol. The number of aliphatic hydroxyl groups excluding tert-OH is 2. The number of nitrogens with zero attached hydrogens (tertiary/aromatic N) is 2. The van der Waals surface area contributed by atoms with E-state index in [4.69, 9.17) is 85.3 Å². The molecule has 2 unspecified atom stereocenters. The highest BCUT2D eigenvalue weighted by Crippen LogP contribution is 2.41. The van der Waals surface area contributed by atoms with Crippen LogP contribution >= 0.6 is 0 Å². The van der Waals surface area contributed by atoms with Crippen LogP contribution in [0.2, 0.25) is 0 Å². The predicted molar refractivity (Wildman–Crippen MR) is 282 cm³/mol. The third kappa shape index (κ3) is 13.7. The lowest BCUT2D eigenvalue weighted by atomic mass is 9.86. The van der Waals surface area contributed by atoms with Gasteiger partial charge in [0.15, 0.2) is 31.0 Å². The second kappa shape index (κ2) is 27.7. The van der Waals surface area contributed by atoms with Gasteiger partial charge in [-0.2, -0.15) is 11.0 Å². The highest BCUT2D eigenvalue weighted by atomic mass is 16.7.